The number of benzene rings is 1. The zero-order valence-corrected chi connectivity index (χ0v) is 18.5. The van der Waals surface area contributed by atoms with Crippen LogP contribution in [-0.4, -0.2) is 54.7 Å². The van der Waals surface area contributed by atoms with Gasteiger partial charge in [0.1, 0.15) is 10.6 Å². The van der Waals surface area contributed by atoms with Crippen molar-refractivity contribution in [2.45, 2.75) is 51.0 Å². The average molecular weight is 431 g/mol. The van der Waals surface area contributed by atoms with E-state index in [0.29, 0.717) is 35.7 Å². The summed E-state index contributed by atoms with van der Waals surface area (Å²) >= 11 is 0. The van der Waals surface area contributed by atoms with Gasteiger partial charge in [-0.05, 0) is 75.9 Å². The number of H-pyrrole nitrogens is 1. The summed E-state index contributed by atoms with van der Waals surface area (Å²) in [4.78, 5) is 18.6. The van der Waals surface area contributed by atoms with Crippen molar-refractivity contribution in [3.05, 3.63) is 46.8 Å². The van der Waals surface area contributed by atoms with Gasteiger partial charge >= 0.3 is 0 Å². The van der Waals surface area contributed by atoms with E-state index in [2.05, 4.69) is 21.3 Å². The van der Waals surface area contributed by atoms with Crippen LogP contribution in [0.15, 0.2) is 29.2 Å². The van der Waals surface area contributed by atoms with Crippen LogP contribution in [0.25, 0.3) is 0 Å². The van der Waals surface area contributed by atoms with E-state index in [1.54, 1.807) is 13.8 Å². The molecule has 0 atom stereocenters. The summed E-state index contributed by atoms with van der Waals surface area (Å²) in [5.41, 5.74) is 3.16. The number of aromatic amines is 1. The average Bonchev–Trinajstić information content (AvgIpc) is 3.44. The molecule has 4 rings (SSSR count). The molecule has 2 N–H and O–H groups in total. The molecule has 1 aromatic heterocycles. The Labute approximate surface area is 178 Å². The number of anilines is 1. The largest absolute Gasteiger partial charge is 0.353 e. The van der Waals surface area contributed by atoms with Gasteiger partial charge in [0.25, 0.3) is 5.91 Å². The molecule has 0 spiro atoms. The lowest BCUT2D eigenvalue weighted by atomic mass is 10.2. The molecular formula is C22H30N4O3S. The molecule has 0 unspecified atom stereocenters. The molecule has 2 fully saturated rings. The van der Waals surface area contributed by atoms with Crippen LogP contribution >= 0.6 is 0 Å². The Morgan fingerprint density at radius 3 is 2.43 bits per heavy atom. The highest BCUT2D eigenvalue weighted by atomic mass is 32.2. The zero-order chi connectivity index (χ0) is 21.3. The summed E-state index contributed by atoms with van der Waals surface area (Å²) in [6, 6.07) is 7.86. The highest BCUT2D eigenvalue weighted by Crippen LogP contribution is 2.29. The molecule has 0 saturated carbocycles. The van der Waals surface area contributed by atoms with Crippen molar-refractivity contribution in [1.82, 2.24) is 14.2 Å². The molecule has 2 aliphatic rings. The fourth-order valence-electron chi connectivity index (χ4n) is 4.54. The summed E-state index contributed by atoms with van der Waals surface area (Å²) in [6.07, 6.45) is 4.24. The number of hydrogen-bond donors (Lipinski definition) is 2. The van der Waals surface area contributed by atoms with Gasteiger partial charge in [-0.25, -0.2) is 8.42 Å². The van der Waals surface area contributed by atoms with Crippen LogP contribution in [0.4, 0.5) is 5.69 Å². The van der Waals surface area contributed by atoms with E-state index in [4.69, 9.17) is 0 Å². The number of sulfonamides is 1. The summed E-state index contributed by atoms with van der Waals surface area (Å²) in [6.45, 7) is 7.60. The van der Waals surface area contributed by atoms with Gasteiger partial charge in [0, 0.05) is 31.0 Å². The Bertz CT molecular complexity index is 1030. The molecule has 2 aromatic rings. The van der Waals surface area contributed by atoms with Crippen molar-refractivity contribution in [2.24, 2.45) is 0 Å². The van der Waals surface area contributed by atoms with Crippen molar-refractivity contribution in [3.8, 4) is 0 Å². The normalized spacial score (nSPS) is 18.2. The van der Waals surface area contributed by atoms with Crippen LogP contribution in [0, 0.1) is 13.8 Å². The minimum Gasteiger partial charge on any atom is -0.353 e. The second-order valence-electron chi connectivity index (χ2n) is 8.33. The zero-order valence-electron chi connectivity index (χ0n) is 17.7. The number of hydrogen-bond acceptors (Lipinski definition) is 4. The third-order valence-corrected chi connectivity index (χ3v) is 8.22. The monoisotopic (exact) mass is 430 g/mol. The van der Waals surface area contributed by atoms with Gasteiger partial charge in [0.15, 0.2) is 0 Å². The number of nitrogens with one attached hydrogen (secondary N) is 2. The lowest BCUT2D eigenvalue weighted by Gasteiger charge is -2.16. The fraction of sp³-hybridized carbons (Fsp3) is 0.500. The first-order valence-corrected chi connectivity index (χ1v) is 12.1. The number of aromatic nitrogens is 1. The van der Waals surface area contributed by atoms with Crippen LogP contribution in [0.2, 0.25) is 0 Å². The van der Waals surface area contributed by atoms with Crippen molar-refractivity contribution < 1.29 is 13.2 Å². The molecule has 30 heavy (non-hydrogen) atoms. The van der Waals surface area contributed by atoms with Crippen LogP contribution in [0.1, 0.15) is 53.0 Å². The Morgan fingerprint density at radius 2 is 1.73 bits per heavy atom. The van der Waals surface area contributed by atoms with Crippen molar-refractivity contribution in [3.63, 3.8) is 0 Å². The van der Waals surface area contributed by atoms with Gasteiger partial charge in [0.2, 0.25) is 10.0 Å². The number of nitrogens with zero attached hydrogens (tertiary/aromatic N) is 2. The number of rotatable bonds is 6. The summed E-state index contributed by atoms with van der Waals surface area (Å²) in [5, 5.41) is 2.93. The highest BCUT2D eigenvalue weighted by molar-refractivity contribution is 7.89. The number of aryl methyl sites for hydroxylation is 1. The first-order chi connectivity index (χ1) is 14.4. The lowest BCUT2D eigenvalue weighted by molar-refractivity contribution is 0.102. The highest BCUT2D eigenvalue weighted by Gasteiger charge is 2.33. The van der Waals surface area contributed by atoms with E-state index >= 15 is 0 Å². The third kappa shape index (κ3) is 4.17. The molecule has 3 heterocycles. The van der Waals surface area contributed by atoms with Gasteiger partial charge in [-0.15, -0.1) is 0 Å². The minimum atomic E-state index is -3.59. The summed E-state index contributed by atoms with van der Waals surface area (Å²) in [5.74, 6) is -0.322. The molecular weight excluding hydrogens is 400 g/mol. The van der Waals surface area contributed by atoms with E-state index in [-0.39, 0.29) is 10.8 Å². The van der Waals surface area contributed by atoms with Gasteiger partial charge < -0.3 is 10.3 Å². The molecule has 1 amide bonds. The van der Waals surface area contributed by atoms with E-state index < -0.39 is 10.0 Å². The second-order valence-corrected chi connectivity index (χ2v) is 10.2. The molecule has 2 saturated heterocycles. The molecule has 162 valence electrons. The van der Waals surface area contributed by atoms with Crippen molar-refractivity contribution >= 4 is 21.6 Å². The Kier molecular flexibility index (Phi) is 5.99. The maximum atomic E-state index is 13.0. The SMILES string of the molecule is Cc1[nH]c(C(=O)Nc2cccc(CN3CCCC3)c2)c(C)c1S(=O)(=O)N1CCCC1. The number of carbonyl (C=O) groups is 1. The Hall–Kier alpha value is -2.16. The van der Waals surface area contributed by atoms with Gasteiger partial charge in [-0.3, -0.25) is 9.69 Å². The number of likely N-dealkylation sites (tertiary alicyclic amines) is 1. The van der Waals surface area contributed by atoms with E-state index in [9.17, 15) is 13.2 Å². The van der Waals surface area contributed by atoms with E-state index in [1.165, 1.54) is 17.1 Å². The van der Waals surface area contributed by atoms with Gasteiger partial charge in [0.05, 0.1) is 0 Å². The number of carbonyl (C=O) groups excluding carboxylic acids is 1. The summed E-state index contributed by atoms with van der Waals surface area (Å²) < 4.78 is 27.6. The van der Waals surface area contributed by atoms with Crippen molar-refractivity contribution in [1.29, 1.82) is 0 Å². The lowest BCUT2D eigenvalue weighted by Crippen LogP contribution is -2.28. The third-order valence-electron chi connectivity index (χ3n) is 6.05. The molecule has 0 bridgehead atoms. The Morgan fingerprint density at radius 1 is 1.07 bits per heavy atom. The van der Waals surface area contributed by atoms with Crippen LogP contribution in [0.5, 0.6) is 0 Å². The maximum absolute atomic E-state index is 13.0. The molecule has 7 nitrogen and oxygen atoms in total. The predicted molar refractivity (Wildman–Crippen MR) is 117 cm³/mol. The maximum Gasteiger partial charge on any atom is 0.272 e. The fourth-order valence-corrected chi connectivity index (χ4v) is 6.47. The molecule has 8 heteroatoms. The second kappa shape index (κ2) is 8.53. The molecule has 0 aliphatic carbocycles. The van der Waals surface area contributed by atoms with E-state index in [0.717, 1.165) is 38.0 Å². The van der Waals surface area contributed by atoms with Gasteiger partial charge in [-0.2, -0.15) is 4.31 Å². The number of amides is 1. The van der Waals surface area contributed by atoms with Crippen molar-refractivity contribution in [2.75, 3.05) is 31.5 Å². The van der Waals surface area contributed by atoms with Crippen LogP contribution in [-0.2, 0) is 16.6 Å². The smallest absolute Gasteiger partial charge is 0.272 e. The molecule has 1 aromatic carbocycles. The quantitative estimate of drug-likeness (QED) is 0.737. The first kappa shape index (κ1) is 21.1. The standard InChI is InChI=1S/C22H30N4O3S/c1-16-20(23-17(2)21(16)30(28,29)26-12-5-6-13-26)22(27)24-19-9-7-8-18(14-19)15-25-10-3-4-11-25/h7-9,14,23H,3-6,10-13,15H2,1-2H3,(H,24,27). The first-order valence-electron chi connectivity index (χ1n) is 10.7. The van der Waals surface area contributed by atoms with Gasteiger partial charge in [-0.1, -0.05) is 12.1 Å². The van der Waals surface area contributed by atoms with E-state index in [1.807, 2.05) is 18.2 Å². The predicted octanol–water partition coefficient (Wildman–Crippen LogP) is 3.26. The Balaban J connectivity index is 1.53. The molecule has 2 aliphatic heterocycles. The minimum absolute atomic E-state index is 0.234. The summed E-state index contributed by atoms with van der Waals surface area (Å²) in [7, 11) is -3.59. The topological polar surface area (TPSA) is 85.5 Å². The molecule has 0 radical (unpaired) electrons. The van der Waals surface area contributed by atoms with Crippen LogP contribution in [0.3, 0.4) is 0 Å². The van der Waals surface area contributed by atoms with Crippen LogP contribution < -0.4 is 5.32 Å².